The third kappa shape index (κ3) is 4.68. The highest BCUT2D eigenvalue weighted by atomic mass is 35.5. The summed E-state index contributed by atoms with van der Waals surface area (Å²) in [4.78, 5) is 0. The lowest BCUT2D eigenvalue weighted by Crippen LogP contribution is -2.36. The fraction of sp³-hybridized carbons (Fsp3) is 0.273. The number of nitrogens with one attached hydrogen (secondary N) is 2. The Kier molecular flexibility index (Phi) is 5.65. The maximum Gasteiger partial charge on any atom is 0.187 e. The second-order valence-electron chi connectivity index (χ2n) is 3.82. The number of hydrogen-bond donors (Lipinski definition) is 3. The van der Waals surface area contributed by atoms with Gasteiger partial charge in [-0.3, -0.25) is 5.43 Å². The molecule has 0 aliphatic rings. The minimum Gasteiger partial charge on any atom is -0.506 e. The van der Waals surface area contributed by atoms with E-state index in [2.05, 4.69) is 15.8 Å². The molecule has 0 aromatic heterocycles. The summed E-state index contributed by atoms with van der Waals surface area (Å²) in [7, 11) is 0. The van der Waals surface area contributed by atoms with E-state index in [0.717, 1.165) is 0 Å². The first kappa shape index (κ1) is 15.0. The molecule has 98 valence electrons. The van der Waals surface area contributed by atoms with E-state index in [-0.39, 0.29) is 16.8 Å². The van der Waals surface area contributed by atoms with Crippen LogP contribution in [-0.4, -0.2) is 22.5 Å². The van der Waals surface area contributed by atoms with Gasteiger partial charge in [-0.15, -0.1) is 0 Å². The van der Waals surface area contributed by atoms with Crippen molar-refractivity contribution in [3.05, 3.63) is 27.7 Å². The summed E-state index contributed by atoms with van der Waals surface area (Å²) < 4.78 is 0. The molecule has 1 aromatic rings. The predicted molar refractivity (Wildman–Crippen MR) is 79.7 cm³/mol. The van der Waals surface area contributed by atoms with Crippen molar-refractivity contribution in [2.45, 2.75) is 19.9 Å². The number of halogens is 2. The third-order valence-electron chi connectivity index (χ3n) is 1.85. The maximum absolute atomic E-state index is 9.67. The van der Waals surface area contributed by atoms with Crippen LogP contribution < -0.4 is 10.7 Å². The first-order chi connectivity index (χ1) is 8.40. The largest absolute Gasteiger partial charge is 0.506 e. The van der Waals surface area contributed by atoms with Crippen LogP contribution in [0.15, 0.2) is 17.2 Å². The first-order valence-corrected chi connectivity index (χ1v) is 6.34. The average molecular weight is 306 g/mol. The molecule has 0 fully saturated rings. The lowest BCUT2D eigenvalue weighted by atomic mass is 10.2. The zero-order valence-corrected chi connectivity index (χ0v) is 12.2. The van der Waals surface area contributed by atoms with Gasteiger partial charge in [0.1, 0.15) is 5.75 Å². The standard InChI is InChI=1S/C11H13Cl2N3OS/c1-6(2)15-11(18)16-14-5-7-3-8(12)4-9(13)10(7)17/h3-6,17H,1-2H3,(H2,15,16,18). The van der Waals surface area contributed by atoms with Crippen LogP contribution in [0.2, 0.25) is 10.0 Å². The first-order valence-electron chi connectivity index (χ1n) is 5.17. The van der Waals surface area contributed by atoms with Gasteiger partial charge in [-0.05, 0) is 38.2 Å². The molecule has 1 rings (SSSR count). The van der Waals surface area contributed by atoms with E-state index in [4.69, 9.17) is 35.4 Å². The monoisotopic (exact) mass is 305 g/mol. The molecule has 1 aromatic carbocycles. The van der Waals surface area contributed by atoms with Crippen molar-refractivity contribution in [2.75, 3.05) is 0 Å². The summed E-state index contributed by atoms with van der Waals surface area (Å²) in [5.41, 5.74) is 3.03. The van der Waals surface area contributed by atoms with Gasteiger partial charge >= 0.3 is 0 Å². The van der Waals surface area contributed by atoms with Gasteiger partial charge in [0.15, 0.2) is 5.11 Å². The highest BCUT2D eigenvalue weighted by Crippen LogP contribution is 2.29. The lowest BCUT2D eigenvalue weighted by molar-refractivity contribution is 0.474. The Labute approximate surface area is 121 Å². The summed E-state index contributed by atoms with van der Waals surface area (Å²) in [5, 5.41) is 17.5. The molecule has 0 heterocycles. The fourth-order valence-corrected chi connectivity index (χ4v) is 1.94. The van der Waals surface area contributed by atoms with Crippen LogP contribution in [-0.2, 0) is 0 Å². The molecule has 0 saturated heterocycles. The van der Waals surface area contributed by atoms with Crippen LogP contribution >= 0.6 is 35.4 Å². The minimum atomic E-state index is -0.0747. The highest BCUT2D eigenvalue weighted by molar-refractivity contribution is 7.80. The van der Waals surface area contributed by atoms with Crippen molar-refractivity contribution < 1.29 is 5.11 Å². The topological polar surface area (TPSA) is 56.7 Å². The number of thiocarbonyl (C=S) groups is 1. The van der Waals surface area contributed by atoms with E-state index in [0.29, 0.717) is 15.7 Å². The Hall–Kier alpha value is -1.04. The van der Waals surface area contributed by atoms with Gasteiger partial charge in [0.05, 0.1) is 11.2 Å². The zero-order valence-electron chi connectivity index (χ0n) is 9.87. The number of rotatable bonds is 3. The van der Waals surface area contributed by atoms with Crippen LogP contribution in [0, 0.1) is 0 Å². The summed E-state index contributed by atoms with van der Waals surface area (Å²) in [6.07, 6.45) is 1.39. The fourth-order valence-electron chi connectivity index (χ4n) is 1.14. The molecule has 0 aliphatic heterocycles. The number of aromatic hydroxyl groups is 1. The lowest BCUT2D eigenvalue weighted by Gasteiger charge is -2.09. The van der Waals surface area contributed by atoms with Crippen LogP contribution in [0.3, 0.4) is 0 Å². The van der Waals surface area contributed by atoms with Gasteiger partial charge in [0.2, 0.25) is 0 Å². The van der Waals surface area contributed by atoms with E-state index in [1.54, 1.807) is 6.07 Å². The van der Waals surface area contributed by atoms with Crippen LogP contribution in [0.25, 0.3) is 0 Å². The third-order valence-corrected chi connectivity index (χ3v) is 2.56. The van der Waals surface area contributed by atoms with E-state index in [1.807, 2.05) is 13.8 Å². The second-order valence-corrected chi connectivity index (χ2v) is 5.08. The molecule has 0 spiro atoms. The van der Waals surface area contributed by atoms with Crippen LogP contribution in [0.4, 0.5) is 0 Å². The molecule has 18 heavy (non-hydrogen) atoms. The van der Waals surface area contributed by atoms with E-state index >= 15 is 0 Å². The van der Waals surface area contributed by atoms with Gasteiger partial charge in [-0.25, -0.2) is 0 Å². The Morgan fingerprint density at radius 2 is 2.11 bits per heavy atom. The van der Waals surface area contributed by atoms with Crippen molar-refractivity contribution in [1.29, 1.82) is 0 Å². The Balaban J connectivity index is 2.70. The van der Waals surface area contributed by atoms with E-state index in [1.165, 1.54) is 12.3 Å². The molecule has 0 unspecified atom stereocenters. The molecule has 0 amide bonds. The number of hydrazone groups is 1. The summed E-state index contributed by atoms with van der Waals surface area (Å²) >= 11 is 16.6. The van der Waals surface area contributed by atoms with E-state index in [9.17, 15) is 5.11 Å². The maximum atomic E-state index is 9.67. The summed E-state index contributed by atoms with van der Waals surface area (Å²) in [6.45, 7) is 3.92. The Morgan fingerprint density at radius 3 is 2.72 bits per heavy atom. The number of benzene rings is 1. The van der Waals surface area contributed by atoms with Gasteiger partial charge in [-0.1, -0.05) is 23.2 Å². The molecular formula is C11H13Cl2N3OS. The number of hydrogen-bond acceptors (Lipinski definition) is 3. The van der Waals surface area contributed by atoms with E-state index < -0.39 is 0 Å². The van der Waals surface area contributed by atoms with Crippen molar-refractivity contribution in [3.63, 3.8) is 0 Å². The molecule has 7 heteroatoms. The molecule has 3 N–H and O–H groups in total. The molecular weight excluding hydrogens is 293 g/mol. The number of nitrogens with zero attached hydrogens (tertiary/aromatic N) is 1. The van der Waals surface area contributed by atoms with Gasteiger partial charge in [-0.2, -0.15) is 5.10 Å². The minimum absolute atomic E-state index is 0.0747. The van der Waals surface area contributed by atoms with Crippen molar-refractivity contribution in [3.8, 4) is 5.75 Å². The molecule has 0 radical (unpaired) electrons. The quantitative estimate of drug-likeness (QED) is 0.456. The Morgan fingerprint density at radius 1 is 1.44 bits per heavy atom. The van der Waals surface area contributed by atoms with Crippen molar-refractivity contribution >= 4 is 46.7 Å². The van der Waals surface area contributed by atoms with Crippen LogP contribution in [0.1, 0.15) is 19.4 Å². The highest BCUT2D eigenvalue weighted by Gasteiger charge is 2.05. The van der Waals surface area contributed by atoms with Gasteiger partial charge in [0.25, 0.3) is 0 Å². The molecule has 0 saturated carbocycles. The molecule has 0 atom stereocenters. The number of phenolic OH excluding ortho intramolecular Hbond substituents is 1. The van der Waals surface area contributed by atoms with Crippen LogP contribution in [0.5, 0.6) is 5.75 Å². The van der Waals surface area contributed by atoms with Gasteiger partial charge < -0.3 is 10.4 Å². The number of phenols is 1. The SMILES string of the molecule is CC(C)NC(=S)NN=Cc1cc(Cl)cc(Cl)c1O. The second kappa shape index (κ2) is 6.78. The summed E-state index contributed by atoms with van der Waals surface area (Å²) in [5.74, 6) is -0.0747. The smallest absolute Gasteiger partial charge is 0.187 e. The van der Waals surface area contributed by atoms with Gasteiger partial charge in [0, 0.05) is 16.6 Å². The molecule has 0 bridgehead atoms. The normalized spacial score (nSPS) is 10.9. The molecule has 0 aliphatic carbocycles. The van der Waals surface area contributed by atoms with Crippen molar-refractivity contribution in [1.82, 2.24) is 10.7 Å². The average Bonchev–Trinajstić information content (AvgIpc) is 2.23. The predicted octanol–water partition coefficient (Wildman–Crippen LogP) is 2.91. The molecule has 4 nitrogen and oxygen atoms in total. The summed E-state index contributed by atoms with van der Waals surface area (Å²) in [6, 6.07) is 3.22. The zero-order chi connectivity index (χ0) is 13.7. The van der Waals surface area contributed by atoms with Crippen molar-refractivity contribution in [2.24, 2.45) is 5.10 Å². The Bertz CT molecular complexity index is 478.